The topological polar surface area (TPSA) is 54.5 Å². The van der Waals surface area contributed by atoms with Crippen LogP contribution in [-0.4, -0.2) is 14.8 Å². The third-order valence-corrected chi connectivity index (χ3v) is 6.43. The van der Waals surface area contributed by atoms with Gasteiger partial charge < -0.3 is 0 Å². The zero-order valence-corrected chi connectivity index (χ0v) is 17.9. The predicted molar refractivity (Wildman–Crippen MR) is 124 cm³/mol. The van der Waals surface area contributed by atoms with Gasteiger partial charge in [0.1, 0.15) is 5.52 Å². The summed E-state index contributed by atoms with van der Waals surface area (Å²) in [5, 5.41) is 13.9. The number of nitrogens with zero attached hydrogens (tertiary/aromatic N) is 4. The van der Waals surface area contributed by atoms with Crippen molar-refractivity contribution < 1.29 is 0 Å². The van der Waals surface area contributed by atoms with E-state index >= 15 is 0 Å². The van der Waals surface area contributed by atoms with Gasteiger partial charge in [0.2, 0.25) is 0 Å². The average Bonchev–Trinajstić information content (AvgIpc) is 3.21. The van der Waals surface area contributed by atoms with Gasteiger partial charge >= 0.3 is 0 Å². The van der Waals surface area contributed by atoms with Gasteiger partial charge in [0.15, 0.2) is 0 Å². The van der Waals surface area contributed by atoms with Crippen LogP contribution in [0.15, 0.2) is 60.8 Å². The highest BCUT2D eigenvalue weighted by Gasteiger charge is 2.18. The lowest BCUT2D eigenvalue weighted by molar-refractivity contribution is 0.312. The van der Waals surface area contributed by atoms with E-state index in [1.165, 1.54) is 37.7 Å². The van der Waals surface area contributed by atoms with Crippen molar-refractivity contribution >= 4 is 11.0 Å². The van der Waals surface area contributed by atoms with E-state index in [0.29, 0.717) is 11.5 Å². The van der Waals surface area contributed by atoms with E-state index in [4.69, 9.17) is 10.1 Å². The molecule has 31 heavy (non-hydrogen) atoms. The molecule has 0 unspecified atom stereocenters. The summed E-state index contributed by atoms with van der Waals surface area (Å²) < 4.78 is 2.14. The predicted octanol–water partition coefficient (Wildman–Crippen LogP) is 6.53. The number of pyridine rings is 1. The first-order valence-electron chi connectivity index (χ1n) is 11.2. The Hall–Kier alpha value is -3.45. The minimum atomic E-state index is 0.664. The molecule has 2 heterocycles. The van der Waals surface area contributed by atoms with Gasteiger partial charge in [-0.3, -0.25) is 4.68 Å². The molecule has 0 amide bonds. The lowest BCUT2D eigenvalue weighted by atomic mass is 9.89. The van der Waals surface area contributed by atoms with Crippen LogP contribution in [0.4, 0.5) is 0 Å². The highest BCUT2D eigenvalue weighted by molar-refractivity contribution is 5.90. The molecular weight excluding hydrogens is 380 g/mol. The Balaban J connectivity index is 1.63. The maximum absolute atomic E-state index is 9.19. The molecule has 0 atom stereocenters. The van der Waals surface area contributed by atoms with Gasteiger partial charge in [-0.05, 0) is 49.4 Å². The monoisotopic (exact) mass is 406 g/mol. The van der Waals surface area contributed by atoms with E-state index in [0.717, 1.165) is 40.0 Å². The molecule has 1 saturated carbocycles. The maximum atomic E-state index is 9.19. The van der Waals surface area contributed by atoms with Crippen molar-refractivity contribution in [3.63, 3.8) is 0 Å². The van der Waals surface area contributed by atoms with Crippen molar-refractivity contribution in [3.8, 4) is 28.5 Å². The minimum Gasteiger partial charge on any atom is -0.263 e. The van der Waals surface area contributed by atoms with Crippen molar-refractivity contribution in [2.24, 2.45) is 5.92 Å². The number of nitriles is 1. The zero-order chi connectivity index (χ0) is 21.2. The summed E-state index contributed by atoms with van der Waals surface area (Å²) in [4.78, 5) is 5.06. The second-order valence-electron chi connectivity index (χ2n) is 8.67. The van der Waals surface area contributed by atoms with Crippen LogP contribution in [-0.2, 0) is 6.54 Å². The molecule has 154 valence electrons. The molecule has 4 heteroatoms. The summed E-state index contributed by atoms with van der Waals surface area (Å²) in [5.74, 6) is 0.701. The second kappa shape index (κ2) is 8.35. The smallest absolute Gasteiger partial charge is 0.109 e. The molecule has 0 N–H and O–H groups in total. The SMILES string of the molecule is Cc1ccc(-c2nc3cnn(CC4CCCCC4)c3cc2-c2ccc(C#N)cc2)cc1. The maximum Gasteiger partial charge on any atom is 0.109 e. The summed E-state index contributed by atoms with van der Waals surface area (Å²) in [6, 6.07) is 20.7. The Morgan fingerprint density at radius 2 is 1.68 bits per heavy atom. The highest BCUT2D eigenvalue weighted by atomic mass is 15.3. The number of hydrogen-bond donors (Lipinski definition) is 0. The van der Waals surface area contributed by atoms with E-state index in [-0.39, 0.29) is 0 Å². The molecule has 2 aromatic carbocycles. The van der Waals surface area contributed by atoms with Crippen molar-refractivity contribution in [1.29, 1.82) is 5.26 Å². The molecular formula is C27H26N4. The molecule has 0 aliphatic heterocycles. The molecule has 4 nitrogen and oxygen atoms in total. The standard InChI is InChI=1S/C27H26N4/c1-19-7-11-23(12-8-19)27-24(22-13-9-20(16-28)10-14-22)15-26-25(30-27)17-29-31(26)18-21-5-3-2-4-6-21/h7-15,17,21H,2-6,18H2,1H3. The lowest BCUT2D eigenvalue weighted by Gasteiger charge is -2.21. The Bertz CT molecular complexity index is 1240. The largest absolute Gasteiger partial charge is 0.263 e. The summed E-state index contributed by atoms with van der Waals surface area (Å²) in [5.41, 5.74) is 8.09. The van der Waals surface area contributed by atoms with Crippen LogP contribution in [0, 0.1) is 24.2 Å². The molecule has 1 aliphatic carbocycles. The van der Waals surface area contributed by atoms with Gasteiger partial charge in [-0.2, -0.15) is 10.4 Å². The van der Waals surface area contributed by atoms with Crippen LogP contribution in [0.25, 0.3) is 33.4 Å². The number of rotatable bonds is 4. The number of benzene rings is 2. The molecule has 1 fully saturated rings. The molecule has 0 saturated heterocycles. The summed E-state index contributed by atoms with van der Waals surface area (Å²) >= 11 is 0. The zero-order valence-electron chi connectivity index (χ0n) is 17.9. The Morgan fingerprint density at radius 1 is 0.968 bits per heavy atom. The van der Waals surface area contributed by atoms with Gasteiger partial charge in [-0.15, -0.1) is 0 Å². The van der Waals surface area contributed by atoms with Gasteiger partial charge in [0.25, 0.3) is 0 Å². The summed E-state index contributed by atoms with van der Waals surface area (Å²) in [6.45, 7) is 3.05. The summed E-state index contributed by atoms with van der Waals surface area (Å²) in [7, 11) is 0. The first-order chi connectivity index (χ1) is 15.2. The molecule has 0 spiro atoms. The fourth-order valence-electron chi connectivity index (χ4n) is 4.64. The number of aromatic nitrogens is 3. The quantitative estimate of drug-likeness (QED) is 0.387. The summed E-state index contributed by atoms with van der Waals surface area (Å²) in [6.07, 6.45) is 8.50. The Labute approximate surface area is 183 Å². The number of hydrogen-bond acceptors (Lipinski definition) is 3. The molecule has 2 aromatic heterocycles. The van der Waals surface area contributed by atoms with Crippen LogP contribution in [0.1, 0.15) is 43.2 Å². The fourth-order valence-corrected chi connectivity index (χ4v) is 4.64. The van der Waals surface area contributed by atoms with Crippen molar-refractivity contribution in [2.75, 3.05) is 0 Å². The van der Waals surface area contributed by atoms with Crippen LogP contribution in [0.2, 0.25) is 0 Å². The van der Waals surface area contributed by atoms with Crippen molar-refractivity contribution in [2.45, 2.75) is 45.6 Å². The van der Waals surface area contributed by atoms with Crippen LogP contribution >= 0.6 is 0 Å². The van der Waals surface area contributed by atoms with Gasteiger partial charge in [-0.1, -0.05) is 61.2 Å². The number of fused-ring (bicyclic) bond motifs is 1. The normalized spacial score (nSPS) is 14.6. The van der Waals surface area contributed by atoms with Gasteiger partial charge in [-0.25, -0.2) is 4.98 Å². The van der Waals surface area contributed by atoms with Crippen molar-refractivity contribution in [3.05, 3.63) is 71.9 Å². The van der Waals surface area contributed by atoms with Crippen LogP contribution in [0.5, 0.6) is 0 Å². The van der Waals surface area contributed by atoms with E-state index < -0.39 is 0 Å². The Morgan fingerprint density at radius 3 is 2.39 bits per heavy atom. The molecule has 0 bridgehead atoms. The fraction of sp³-hybridized carbons (Fsp3) is 0.296. The van der Waals surface area contributed by atoms with Gasteiger partial charge in [0.05, 0.1) is 29.0 Å². The minimum absolute atomic E-state index is 0.664. The van der Waals surface area contributed by atoms with E-state index in [1.54, 1.807) is 0 Å². The molecule has 4 aromatic rings. The van der Waals surface area contributed by atoms with Crippen LogP contribution in [0.3, 0.4) is 0 Å². The van der Waals surface area contributed by atoms with Crippen LogP contribution < -0.4 is 0 Å². The first-order valence-corrected chi connectivity index (χ1v) is 11.2. The van der Waals surface area contributed by atoms with E-state index in [2.05, 4.69) is 48.0 Å². The van der Waals surface area contributed by atoms with Crippen molar-refractivity contribution in [1.82, 2.24) is 14.8 Å². The lowest BCUT2D eigenvalue weighted by Crippen LogP contribution is -2.15. The highest BCUT2D eigenvalue weighted by Crippen LogP contribution is 2.34. The molecule has 5 rings (SSSR count). The second-order valence-corrected chi connectivity index (χ2v) is 8.67. The molecule has 1 aliphatic rings. The third-order valence-electron chi connectivity index (χ3n) is 6.43. The average molecular weight is 407 g/mol. The van der Waals surface area contributed by atoms with E-state index in [1.807, 2.05) is 30.5 Å². The van der Waals surface area contributed by atoms with E-state index in [9.17, 15) is 5.26 Å². The Kier molecular flexibility index (Phi) is 5.26. The number of aryl methyl sites for hydroxylation is 1. The molecule has 0 radical (unpaired) electrons. The first kappa shape index (κ1) is 19.5. The van der Waals surface area contributed by atoms with Gasteiger partial charge in [0, 0.05) is 17.7 Å². The third kappa shape index (κ3) is 3.96.